The van der Waals surface area contributed by atoms with Gasteiger partial charge in [0.15, 0.2) is 5.78 Å². The highest BCUT2D eigenvalue weighted by atomic mass is 16.3. The third kappa shape index (κ3) is 4.10. The van der Waals surface area contributed by atoms with E-state index in [2.05, 4.69) is 0 Å². The molecule has 0 saturated carbocycles. The van der Waals surface area contributed by atoms with Crippen molar-refractivity contribution in [1.82, 2.24) is 0 Å². The predicted octanol–water partition coefficient (Wildman–Crippen LogP) is 3.08. The maximum absolute atomic E-state index is 12.1. The Labute approximate surface area is 141 Å². The topological polar surface area (TPSA) is 77.8 Å². The number of aromatic hydroxyl groups is 1. The third-order valence-electron chi connectivity index (χ3n) is 3.90. The Morgan fingerprint density at radius 3 is 2.67 bits per heavy atom. The Morgan fingerprint density at radius 1 is 1.29 bits per heavy atom. The number of aliphatic hydroxyl groups excluding tert-OH is 1. The minimum absolute atomic E-state index is 0.0923. The van der Waals surface area contributed by atoms with Gasteiger partial charge in [-0.15, -0.1) is 0 Å². The zero-order valence-corrected chi connectivity index (χ0v) is 13.8. The lowest BCUT2D eigenvalue weighted by Gasteiger charge is -2.32. The number of phenols is 1. The molecule has 0 aromatic heterocycles. The Hall–Kier alpha value is -2.43. The van der Waals surface area contributed by atoms with Crippen molar-refractivity contribution in [3.8, 4) is 5.75 Å². The second kappa shape index (κ2) is 7.43. The zero-order chi connectivity index (χ0) is 17.7. The molecule has 0 radical (unpaired) electrons. The molecule has 0 bridgehead atoms. The van der Waals surface area contributed by atoms with Gasteiger partial charge in [-0.25, -0.2) is 0 Å². The predicted molar refractivity (Wildman–Crippen MR) is 93.8 cm³/mol. The molecule has 126 valence electrons. The van der Waals surface area contributed by atoms with Crippen LogP contribution in [0.1, 0.15) is 30.6 Å². The average molecular weight is 326 g/mol. The van der Waals surface area contributed by atoms with Gasteiger partial charge in [-0.3, -0.25) is 4.79 Å². The SMILES string of the molecule is CC(C)=CCC1(O)C=CC=C(/C=C/C(=O)c2ccccc2O)C1O. The summed E-state index contributed by atoms with van der Waals surface area (Å²) in [5.74, 6) is -0.464. The normalized spacial score (nSPS) is 23.2. The van der Waals surface area contributed by atoms with Crippen LogP contribution in [0, 0.1) is 0 Å². The number of hydrogen-bond acceptors (Lipinski definition) is 4. The maximum Gasteiger partial charge on any atom is 0.189 e. The first kappa shape index (κ1) is 17.9. The van der Waals surface area contributed by atoms with E-state index in [0.717, 1.165) is 5.57 Å². The van der Waals surface area contributed by atoms with Crippen LogP contribution >= 0.6 is 0 Å². The van der Waals surface area contributed by atoms with Crippen molar-refractivity contribution < 1.29 is 20.1 Å². The van der Waals surface area contributed by atoms with Crippen LogP contribution in [0.25, 0.3) is 0 Å². The second-order valence-electron chi connectivity index (χ2n) is 6.12. The van der Waals surface area contributed by atoms with Gasteiger partial charge in [0.05, 0.1) is 5.56 Å². The molecule has 0 saturated heterocycles. The lowest BCUT2D eigenvalue weighted by Crippen LogP contribution is -2.42. The lowest BCUT2D eigenvalue weighted by atomic mass is 9.83. The first-order valence-electron chi connectivity index (χ1n) is 7.77. The number of carbonyl (C=O) groups is 1. The molecule has 4 nitrogen and oxygen atoms in total. The van der Waals surface area contributed by atoms with E-state index in [0.29, 0.717) is 5.57 Å². The summed E-state index contributed by atoms with van der Waals surface area (Å²) < 4.78 is 0. The molecule has 4 heteroatoms. The molecule has 0 fully saturated rings. The van der Waals surface area contributed by atoms with Gasteiger partial charge in [-0.2, -0.15) is 0 Å². The zero-order valence-electron chi connectivity index (χ0n) is 13.8. The van der Waals surface area contributed by atoms with Gasteiger partial charge in [-0.1, -0.05) is 42.0 Å². The number of hydrogen-bond donors (Lipinski definition) is 3. The number of benzene rings is 1. The summed E-state index contributed by atoms with van der Waals surface area (Å²) in [6, 6.07) is 6.27. The Bertz CT molecular complexity index is 736. The molecule has 1 aromatic rings. The number of allylic oxidation sites excluding steroid dienone is 4. The van der Waals surface area contributed by atoms with Crippen molar-refractivity contribution in [1.29, 1.82) is 0 Å². The summed E-state index contributed by atoms with van der Waals surface area (Å²) in [6.07, 6.45) is 8.62. The number of para-hydroxylation sites is 1. The van der Waals surface area contributed by atoms with Gasteiger partial charge in [0, 0.05) is 6.42 Å². The summed E-state index contributed by atoms with van der Waals surface area (Å²) in [7, 11) is 0. The van der Waals surface area contributed by atoms with Crippen LogP contribution in [0.5, 0.6) is 5.75 Å². The van der Waals surface area contributed by atoms with E-state index >= 15 is 0 Å². The molecule has 3 N–H and O–H groups in total. The number of ketones is 1. The van der Waals surface area contributed by atoms with Crippen LogP contribution in [0.2, 0.25) is 0 Å². The molecule has 0 spiro atoms. The van der Waals surface area contributed by atoms with Gasteiger partial charge < -0.3 is 15.3 Å². The van der Waals surface area contributed by atoms with E-state index in [9.17, 15) is 20.1 Å². The fraction of sp³-hybridized carbons (Fsp3) is 0.250. The first-order valence-corrected chi connectivity index (χ1v) is 7.77. The minimum atomic E-state index is -1.40. The Morgan fingerprint density at radius 2 is 2.00 bits per heavy atom. The van der Waals surface area contributed by atoms with Crippen molar-refractivity contribution in [2.24, 2.45) is 0 Å². The van der Waals surface area contributed by atoms with E-state index in [4.69, 9.17) is 0 Å². The monoisotopic (exact) mass is 326 g/mol. The molecule has 2 atom stereocenters. The molecule has 1 aliphatic rings. The van der Waals surface area contributed by atoms with Gasteiger partial charge >= 0.3 is 0 Å². The van der Waals surface area contributed by atoms with Crippen molar-refractivity contribution in [2.45, 2.75) is 32.0 Å². The van der Waals surface area contributed by atoms with E-state index in [1.165, 1.54) is 24.3 Å². The van der Waals surface area contributed by atoms with E-state index in [-0.39, 0.29) is 23.5 Å². The molecule has 0 aliphatic heterocycles. The summed E-state index contributed by atoms with van der Waals surface area (Å²) in [6.45, 7) is 3.84. The number of carbonyl (C=O) groups excluding carboxylic acids is 1. The fourth-order valence-corrected chi connectivity index (χ4v) is 2.43. The van der Waals surface area contributed by atoms with E-state index in [1.807, 2.05) is 19.9 Å². The molecule has 1 aliphatic carbocycles. The first-order chi connectivity index (χ1) is 11.3. The molecule has 2 unspecified atom stereocenters. The van der Waals surface area contributed by atoms with Gasteiger partial charge in [-0.05, 0) is 43.7 Å². The molecule has 0 heterocycles. The van der Waals surface area contributed by atoms with Crippen LogP contribution in [0.3, 0.4) is 0 Å². The average Bonchev–Trinajstić information content (AvgIpc) is 2.55. The Balaban J connectivity index is 2.16. The largest absolute Gasteiger partial charge is 0.507 e. The van der Waals surface area contributed by atoms with Crippen LogP contribution in [0.4, 0.5) is 0 Å². The number of phenolic OH excluding ortho intramolecular Hbond substituents is 1. The molecule has 0 amide bonds. The van der Waals surface area contributed by atoms with Gasteiger partial charge in [0.25, 0.3) is 0 Å². The molecule has 2 rings (SSSR count). The summed E-state index contributed by atoms with van der Waals surface area (Å²) in [5.41, 5.74) is 0.273. The number of rotatable bonds is 5. The van der Waals surface area contributed by atoms with Crippen LogP contribution in [-0.2, 0) is 0 Å². The van der Waals surface area contributed by atoms with Crippen LogP contribution in [-0.4, -0.2) is 32.8 Å². The molecular weight excluding hydrogens is 304 g/mol. The minimum Gasteiger partial charge on any atom is -0.507 e. The highest BCUT2D eigenvalue weighted by molar-refractivity contribution is 6.06. The highest BCUT2D eigenvalue weighted by Crippen LogP contribution is 2.29. The summed E-state index contributed by atoms with van der Waals surface area (Å²) >= 11 is 0. The van der Waals surface area contributed by atoms with Crippen molar-refractivity contribution >= 4 is 5.78 Å². The quantitative estimate of drug-likeness (QED) is 0.441. The van der Waals surface area contributed by atoms with Gasteiger partial charge in [0.1, 0.15) is 17.5 Å². The van der Waals surface area contributed by atoms with E-state index in [1.54, 1.807) is 30.4 Å². The highest BCUT2D eigenvalue weighted by Gasteiger charge is 2.35. The molecular formula is C20H22O4. The standard InChI is InChI=1S/C20H22O4/c1-14(2)11-13-20(24)12-5-6-15(19(20)23)9-10-18(22)16-7-3-4-8-17(16)21/h3-12,19,21,23-24H,13H2,1-2H3/b10-9+. The number of aliphatic hydroxyl groups is 2. The smallest absolute Gasteiger partial charge is 0.189 e. The van der Waals surface area contributed by atoms with Crippen molar-refractivity contribution in [3.63, 3.8) is 0 Å². The Kier molecular flexibility index (Phi) is 5.54. The lowest BCUT2D eigenvalue weighted by molar-refractivity contribution is -0.0173. The molecule has 1 aromatic carbocycles. The van der Waals surface area contributed by atoms with Gasteiger partial charge in [0.2, 0.25) is 0 Å². The summed E-state index contributed by atoms with van der Waals surface area (Å²) in [4.78, 5) is 12.1. The van der Waals surface area contributed by atoms with Crippen molar-refractivity contribution in [2.75, 3.05) is 0 Å². The third-order valence-corrected chi connectivity index (χ3v) is 3.90. The van der Waals surface area contributed by atoms with Crippen LogP contribution in [0.15, 0.2) is 71.9 Å². The fourth-order valence-electron chi connectivity index (χ4n) is 2.43. The maximum atomic E-state index is 12.1. The van der Waals surface area contributed by atoms with E-state index < -0.39 is 11.7 Å². The molecule has 24 heavy (non-hydrogen) atoms. The second-order valence-corrected chi connectivity index (χ2v) is 6.12. The summed E-state index contributed by atoms with van der Waals surface area (Å²) in [5, 5.41) is 30.7. The van der Waals surface area contributed by atoms with Crippen LogP contribution < -0.4 is 0 Å². The van der Waals surface area contributed by atoms with Crippen molar-refractivity contribution in [3.05, 3.63) is 77.4 Å².